The molecule has 0 aliphatic carbocycles. The predicted molar refractivity (Wildman–Crippen MR) is 79.3 cm³/mol. The molecule has 0 rings (SSSR count). The van der Waals surface area contributed by atoms with E-state index in [9.17, 15) is 52.7 Å². The summed E-state index contributed by atoms with van der Waals surface area (Å²) in [5.74, 6) is 0. The molecule has 0 radical (unpaired) electrons. The van der Waals surface area contributed by atoms with Crippen LogP contribution in [0, 0.1) is 0 Å². The first kappa shape index (κ1) is 28.4. The van der Waals surface area contributed by atoms with Gasteiger partial charge in [-0.05, 0) is 13.8 Å². The van der Waals surface area contributed by atoms with Gasteiger partial charge >= 0.3 is 24.7 Å². The number of aliphatic imine (C=N–C) groups is 2. The molecular formula is C14H16F12N2O2. The SMILES string of the molecule is CC(CC(O)(C(F)(F)F)C(F)(F)F)=NCCN=C(C)CC(O)(C(F)(F)F)C(F)(F)F. The Morgan fingerprint density at radius 3 is 0.900 bits per heavy atom. The van der Waals surface area contributed by atoms with Crippen LogP contribution in [0.15, 0.2) is 9.98 Å². The summed E-state index contributed by atoms with van der Waals surface area (Å²) >= 11 is 0. The van der Waals surface area contributed by atoms with Crippen LogP contribution in [0.3, 0.4) is 0 Å². The third-order valence-electron chi connectivity index (χ3n) is 3.76. The van der Waals surface area contributed by atoms with E-state index in [1.54, 1.807) is 0 Å². The van der Waals surface area contributed by atoms with E-state index in [1.807, 2.05) is 0 Å². The lowest BCUT2D eigenvalue weighted by atomic mass is 9.95. The Morgan fingerprint density at radius 1 is 0.533 bits per heavy atom. The van der Waals surface area contributed by atoms with Crippen molar-refractivity contribution in [1.29, 1.82) is 0 Å². The van der Waals surface area contributed by atoms with Crippen LogP contribution < -0.4 is 0 Å². The highest BCUT2D eigenvalue weighted by molar-refractivity contribution is 5.84. The van der Waals surface area contributed by atoms with Crippen molar-refractivity contribution in [3.05, 3.63) is 0 Å². The molecule has 0 saturated heterocycles. The maximum Gasteiger partial charge on any atom is 0.426 e. The van der Waals surface area contributed by atoms with Gasteiger partial charge in [0.1, 0.15) is 0 Å². The van der Waals surface area contributed by atoms with Gasteiger partial charge < -0.3 is 10.2 Å². The predicted octanol–water partition coefficient (Wildman–Crippen LogP) is 4.40. The Labute approximate surface area is 161 Å². The lowest BCUT2D eigenvalue weighted by Gasteiger charge is -2.32. The molecule has 0 spiro atoms. The lowest BCUT2D eigenvalue weighted by molar-refractivity contribution is -0.365. The standard InChI is InChI=1S/C14H16F12N2O2/c1-7(5-9(29,11(15,16)17)12(18,19)20)27-3-4-28-8(2)6-10(30,13(21,22)23)14(24,25)26/h29-30H,3-6H2,1-2H3. The molecule has 0 aliphatic heterocycles. The topological polar surface area (TPSA) is 65.2 Å². The third-order valence-corrected chi connectivity index (χ3v) is 3.76. The van der Waals surface area contributed by atoms with E-state index in [-0.39, 0.29) is 0 Å². The highest BCUT2D eigenvalue weighted by atomic mass is 19.4. The summed E-state index contributed by atoms with van der Waals surface area (Å²) in [6.45, 7) is -0.00693. The van der Waals surface area contributed by atoms with Gasteiger partial charge in [0.05, 0.1) is 13.1 Å². The highest BCUT2D eigenvalue weighted by Gasteiger charge is 2.71. The highest BCUT2D eigenvalue weighted by Crippen LogP contribution is 2.46. The minimum Gasteiger partial charge on any atom is -0.373 e. The van der Waals surface area contributed by atoms with Gasteiger partial charge in [-0.2, -0.15) is 52.7 Å². The van der Waals surface area contributed by atoms with Gasteiger partial charge in [-0.1, -0.05) is 0 Å². The molecule has 0 unspecified atom stereocenters. The summed E-state index contributed by atoms with van der Waals surface area (Å²) in [5.41, 5.74) is -11.9. The average molecular weight is 472 g/mol. The van der Waals surface area contributed by atoms with Crippen molar-refractivity contribution >= 4 is 11.4 Å². The van der Waals surface area contributed by atoms with Crippen molar-refractivity contribution in [2.24, 2.45) is 9.98 Å². The van der Waals surface area contributed by atoms with Crippen molar-refractivity contribution in [3.8, 4) is 0 Å². The second-order valence-electron chi connectivity index (χ2n) is 6.30. The van der Waals surface area contributed by atoms with Crippen LogP contribution >= 0.6 is 0 Å². The van der Waals surface area contributed by atoms with Gasteiger partial charge in [-0.3, -0.25) is 9.98 Å². The zero-order chi connectivity index (χ0) is 24.4. The molecule has 0 heterocycles. The van der Waals surface area contributed by atoms with Crippen LogP contribution in [0.5, 0.6) is 0 Å². The van der Waals surface area contributed by atoms with E-state index >= 15 is 0 Å². The summed E-state index contributed by atoms with van der Waals surface area (Å²) in [4.78, 5) is 6.49. The smallest absolute Gasteiger partial charge is 0.373 e. The molecule has 2 N–H and O–H groups in total. The van der Waals surface area contributed by atoms with Gasteiger partial charge in [-0.15, -0.1) is 0 Å². The fourth-order valence-electron chi connectivity index (χ4n) is 2.06. The molecule has 30 heavy (non-hydrogen) atoms. The molecule has 16 heteroatoms. The molecule has 0 bridgehead atoms. The van der Waals surface area contributed by atoms with Crippen molar-refractivity contribution in [1.82, 2.24) is 0 Å². The maximum atomic E-state index is 12.6. The number of alkyl halides is 12. The molecule has 0 fully saturated rings. The zero-order valence-electron chi connectivity index (χ0n) is 15.2. The first-order valence-corrected chi connectivity index (χ1v) is 7.71. The van der Waals surface area contributed by atoms with E-state index in [0.717, 1.165) is 0 Å². The van der Waals surface area contributed by atoms with E-state index in [0.29, 0.717) is 13.8 Å². The van der Waals surface area contributed by atoms with Gasteiger partial charge in [0.25, 0.3) is 11.2 Å². The lowest BCUT2D eigenvalue weighted by Crippen LogP contribution is -2.57. The zero-order valence-corrected chi connectivity index (χ0v) is 15.2. The summed E-state index contributed by atoms with van der Waals surface area (Å²) in [7, 11) is 0. The van der Waals surface area contributed by atoms with Gasteiger partial charge in [0, 0.05) is 24.3 Å². The minimum atomic E-state index is -6.09. The van der Waals surface area contributed by atoms with Crippen LogP contribution in [0.4, 0.5) is 52.7 Å². The van der Waals surface area contributed by atoms with Crippen LogP contribution in [0.2, 0.25) is 0 Å². The number of nitrogens with zero attached hydrogens (tertiary/aromatic N) is 2. The Kier molecular flexibility index (Phi) is 8.41. The van der Waals surface area contributed by atoms with Gasteiger partial charge in [0.2, 0.25) is 0 Å². The van der Waals surface area contributed by atoms with Crippen LogP contribution in [-0.4, -0.2) is 70.6 Å². The second-order valence-corrected chi connectivity index (χ2v) is 6.30. The molecule has 0 aromatic heterocycles. The number of aliphatic hydroxyl groups is 2. The van der Waals surface area contributed by atoms with Gasteiger partial charge in [0.15, 0.2) is 0 Å². The summed E-state index contributed by atoms with van der Waals surface area (Å²) in [6, 6.07) is 0. The van der Waals surface area contributed by atoms with E-state index in [2.05, 4.69) is 9.98 Å². The molecule has 0 aromatic rings. The second kappa shape index (κ2) is 8.88. The minimum absolute atomic E-state index is 0.699. The normalized spacial score (nSPS) is 16.3. The van der Waals surface area contributed by atoms with Crippen molar-refractivity contribution in [2.45, 2.75) is 62.6 Å². The van der Waals surface area contributed by atoms with Crippen LogP contribution in [0.25, 0.3) is 0 Å². The Hall–Kier alpha value is -1.58. The molecule has 178 valence electrons. The number of rotatable bonds is 7. The fourth-order valence-corrected chi connectivity index (χ4v) is 2.06. The van der Waals surface area contributed by atoms with Crippen molar-refractivity contribution in [3.63, 3.8) is 0 Å². The fraction of sp³-hybridized carbons (Fsp3) is 0.857. The van der Waals surface area contributed by atoms with Crippen LogP contribution in [0.1, 0.15) is 26.7 Å². The van der Waals surface area contributed by atoms with Crippen LogP contribution in [-0.2, 0) is 0 Å². The number of halogens is 12. The third kappa shape index (κ3) is 6.46. The Balaban J connectivity index is 5.23. The average Bonchev–Trinajstić information content (AvgIpc) is 2.46. The molecule has 4 nitrogen and oxygen atoms in total. The molecule has 0 aliphatic rings. The quantitative estimate of drug-likeness (QED) is 0.328. The van der Waals surface area contributed by atoms with E-state index in [4.69, 9.17) is 10.2 Å². The summed E-state index contributed by atoms with van der Waals surface area (Å²) < 4.78 is 151. The first-order valence-electron chi connectivity index (χ1n) is 7.71. The molecular weight excluding hydrogens is 456 g/mol. The number of hydrogen-bond donors (Lipinski definition) is 2. The summed E-state index contributed by atoms with van der Waals surface area (Å²) in [6.07, 6.45) is -28.3. The number of hydrogen-bond acceptors (Lipinski definition) is 4. The monoisotopic (exact) mass is 472 g/mol. The van der Waals surface area contributed by atoms with Gasteiger partial charge in [-0.25, -0.2) is 0 Å². The Bertz CT molecular complexity index is 559. The molecule has 0 amide bonds. The van der Waals surface area contributed by atoms with Crippen molar-refractivity contribution < 1.29 is 62.9 Å². The maximum absolute atomic E-state index is 12.6. The van der Waals surface area contributed by atoms with Crippen molar-refractivity contribution in [2.75, 3.05) is 13.1 Å². The van der Waals surface area contributed by atoms with E-state index in [1.165, 1.54) is 0 Å². The van der Waals surface area contributed by atoms with E-state index < -0.39 is 73.3 Å². The summed E-state index contributed by atoms with van der Waals surface area (Å²) in [5, 5.41) is 18.0. The first-order chi connectivity index (χ1) is 13.0. The Morgan fingerprint density at radius 2 is 0.733 bits per heavy atom. The molecule has 0 aromatic carbocycles. The molecule has 0 atom stereocenters. The largest absolute Gasteiger partial charge is 0.426 e. The molecule has 0 saturated carbocycles.